The van der Waals surface area contributed by atoms with E-state index in [0.29, 0.717) is 0 Å². The van der Waals surface area contributed by atoms with Gasteiger partial charge in [0, 0.05) is 13.0 Å². The first-order valence-electron chi connectivity index (χ1n) is 7.31. The number of hydrogen-bond donors (Lipinski definition) is 3. The number of nitrogens with one attached hydrogen (secondary N) is 1. The lowest BCUT2D eigenvalue weighted by Gasteiger charge is -2.28. The second-order valence-electron chi connectivity index (χ2n) is 5.55. The van der Waals surface area contributed by atoms with E-state index < -0.39 is 17.5 Å². The lowest BCUT2D eigenvalue weighted by atomic mass is 9.78. The maximum absolute atomic E-state index is 12.6. The summed E-state index contributed by atoms with van der Waals surface area (Å²) in [5.74, 6) is -1.33. The zero-order valence-electron chi connectivity index (χ0n) is 11.9. The summed E-state index contributed by atoms with van der Waals surface area (Å²) >= 11 is 0. The molecule has 0 heterocycles. The number of rotatable bonds is 6. The molecule has 1 unspecified atom stereocenters. The number of carbonyl (C=O) groups is 2. The largest absolute Gasteiger partial charge is 0.479 e. The minimum absolute atomic E-state index is 0.0198. The minimum atomic E-state index is -1.43. The molecule has 1 aromatic rings. The van der Waals surface area contributed by atoms with Crippen LogP contribution in [0.25, 0.3) is 0 Å². The van der Waals surface area contributed by atoms with Gasteiger partial charge in [-0.2, -0.15) is 0 Å². The Morgan fingerprint density at radius 2 is 1.81 bits per heavy atom. The Morgan fingerprint density at radius 1 is 1.19 bits per heavy atom. The van der Waals surface area contributed by atoms with E-state index in [1.165, 1.54) is 0 Å². The highest BCUT2D eigenvalue weighted by molar-refractivity contribution is 5.88. The number of hydrogen-bond acceptors (Lipinski definition) is 3. The molecule has 21 heavy (non-hydrogen) atoms. The molecule has 0 radical (unpaired) electrons. The summed E-state index contributed by atoms with van der Waals surface area (Å²) in [4.78, 5) is 23.1. The quantitative estimate of drug-likeness (QED) is 0.740. The first-order chi connectivity index (χ1) is 10.1. The number of benzene rings is 1. The van der Waals surface area contributed by atoms with Gasteiger partial charge in [0.2, 0.25) is 5.91 Å². The summed E-state index contributed by atoms with van der Waals surface area (Å²) in [5.41, 5.74) is 0.508. The third-order valence-corrected chi connectivity index (χ3v) is 4.21. The lowest BCUT2D eigenvalue weighted by molar-refractivity contribution is -0.147. The lowest BCUT2D eigenvalue weighted by Crippen LogP contribution is -2.43. The molecule has 0 aromatic heterocycles. The molecule has 1 amide bonds. The van der Waals surface area contributed by atoms with Gasteiger partial charge in [-0.15, -0.1) is 0 Å². The van der Waals surface area contributed by atoms with E-state index in [1.54, 1.807) is 0 Å². The molecule has 3 N–H and O–H groups in total. The molecule has 1 atom stereocenters. The van der Waals surface area contributed by atoms with Crippen LogP contribution in [0.1, 0.15) is 37.7 Å². The van der Waals surface area contributed by atoms with E-state index in [0.717, 1.165) is 31.2 Å². The van der Waals surface area contributed by atoms with E-state index in [-0.39, 0.29) is 18.9 Å². The fourth-order valence-electron chi connectivity index (χ4n) is 3.00. The number of carboxylic acid groups (broad SMARTS) is 1. The van der Waals surface area contributed by atoms with Gasteiger partial charge in [-0.05, 0) is 18.4 Å². The minimum Gasteiger partial charge on any atom is -0.479 e. The molecule has 0 spiro atoms. The average molecular weight is 291 g/mol. The van der Waals surface area contributed by atoms with Gasteiger partial charge in [-0.1, -0.05) is 43.2 Å². The molecule has 5 heteroatoms. The van der Waals surface area contributed by atoms with Crippen LogP contribution in [0.4, 0.5) is 0 Å². The average Bonchev–Trinajstić information content (AvgIpc) is 2.98. The Morgan fingerprint density at radius 3 is 2.38 bits per heavy atom. The van der Waals surface area contributed by atoms with Gasteiger partial charge in [-0.3, -0.25) is 4.79 Å². The topological polar surface area (TPSA) is 86.6 Å². The summed E-state index contributed by atoms with van der Waals surface area (Å²) in [6, 6.07) is 9.72. The first kappa shape index (κ1) is 15.5. The molecular formula is C16H21NO4. The number of carbonyl (C=O) groups excluding carboxylic acids is 1. The zero-order chi connectivity index (χ0) is 15.3. The molecule has 5 nitrogen and oxygen atoms in total. The van der Waals surface area contributed by atoms with Crippen molar-refractivity contribution in [2.24, 2.45) is 0 Å². The second-order valence-corrected chi connectivity index (χ2v) is 5.55. The van der Waals surface area contributed by atoms with Gasteiger partial charge in [-0.25, -0.2) is 4.79 Å². The summed E-state index contributed by atoms with van der Waals surface area (Å²) in [6.45, 7) is 0.168. The van der Waals surface area contributed by atoms with Crippen LogP contribution in [-0.4, -0.2) is 34.7 Å². The predicted molar refractivity (Wildman–Crippen MR) is 77.9 cm³/mol. The van der Waals surface area contributed by atoms with Crippen LogP contribution in [0.3, 0.4) is 0 Å². The van der Waals surface area contributed by atoms with Crippen molar-refractivity contribution in [3.63, 3.8) is 0 Å². The van der Waals surface area contributed by atoms with Crippen LogP contribution in [0, 0.1) is 0 Å². The van der Waals surface area contributed by atoms with Crippen molar-refractivity contribution >= 4 is 11.9 Å². The van der Waals surface area contributed by atoms with E-state index in [9.17, 15) is 14.7 Å². The van der Waals surface area contributed by atoms with Crippen LogP contribution in [0.2, 0.25) is 0 Å². The monoisotopic (exact) mass is 291 g/mol. The second kappa shape index (κ2) is 6.72. The van der Waals surface area contributed by atoms with Gasteiger partial charge in [0.25, 0.3) is 0 Å². The van der Waals surface area contributed by atoms with Crippen LogP contribution in [0.15, 0.2) is 30.3 Å². The fraction of sp³-hybridized carbons (Fsp3) is 0.500. The number of aliphatic carboxylic acids is 1. The Bertz CT molecular complexity index is 494. The molecule has 0 saturated heterocycles. The molecular weight excluding hydrogens is 270 g/mol. The van der Waals surface area contributed by atoms with Crippen molar-refractivity contribution in [2.45, 2.75) is 43.6 Å². The molecule has 0 aliphatic heterocycles. The van der Waals surface area contributed by atoms with Crippen LogP contribution in [-0.2, 0) is 15.0 Å². The molecule has 1 aliphatic carbocycles. The maximum Gasteiger partial charge on any atom is 0.332 e. The predicted octanol–water partition coefficient (Wildman–Crippen LogP) is 1.45. The normalized spacial score (nSPS) is 18.1. The van der Waals surface area contributed by atoms with E-state index in [4.69, 9.17) is 5.11 Å². The van der Waals surface area contributed by atoms with Crippen molar-refractivity contribution in [3.05, 3.63) is 35.9 Å². The number of amides is 1. The van der Waals surface area contributed by atoms with Crippen LogP contribution >= 0.6 is 0 Å². The number of carboxylic acids is 1. The Balaban J connectivity index is 2.02. The van der Waals surface area contributed by atoms with Crippen molar-refractivity contribution < 1.29 is 19.8 Å². The molecule has 0 bridgehead atoms. The molecule has 1 aliphatic rings. The first-order valence-corrected chi connectivity index (χ1v) is 7.31. The van der Waals surface area contributed by atoms with E-state index >= 15 is 0 Å². The smallest absolute Gasteiger partial charge is 0.332 e. The molecule has 1 fully saturated rings. The van der Waals surface area contributed by atoms with Gasteiger partial charge in [0.1, 0.15) is 0 Å². The summed E-state index contributed by atoms with van der Waals surface area (Å²) < 4.78 is 0. The highest BCUT2D eigenvalue weighted by atomic mass is 16.4. The third kappa shape index (κ3) is 3.42. The summed E-state index contributed by atoms with van der Waals surface area (Å²) in [6.07, 6.45) is 2.24. The van der Waals surface area contributed by atoms with Crippen molar-refractivity contribution in [3.8, 4) is 0 Å². The molecule has 114 valence electrons. The SMILES string of the molecule is O=C(O)C(O)CCNC(=O)C1(c2ccccc2)CCCC1. The van der Waals surface area contributed by atoms with Gasteiger partial charge in [0.05, 0.1) is 5.41 Å². The Hall–Kier alpha value is -1.88. The van der Waals surface area contributed by atoms with Gasteiger partial charge in [0.15, 0.2) is 6.10 Å². The number of aliphatic hydroxyl groups is 1. The van der Waals surface area contributed by atoms with Crippen LogP contribution in [0.5, 0.6) is 0 Å². The fourth-order valence-corrected chi connectivity index (χ4v) is 3.00. The molecule has 1 saturated carbocycles. The number of aliphatic hydroxyl groups excluding tert-OH is 1. The van der Waals surface area contributed by atoms with Crippen molar-refractivity contribution in [1.82, 2.24) is 5.32 Å². The zero-order valence-corrected chi connectivity index (χ0v) is 11.9. The highest BCUT2D eigenvalue weighted by Gasteiger charge is 2.42. The van der Waals surface area contributed by atoms with Crippen molar-refractivity contribution in [1.29, 1.82) is 0 Å². The third-order valence-electron chi connectivity index (χ3n) is 4.21. The standard InChI is InChI=1S/C16H21NO4/c18-13(14(19)20)8-11-17-15(21)16(9-4-5-10-16)12-6-2-1-3-7-12/h1-3,6-7,13,18H,4-5,8-11H2,(H,17,21)(H,19,20). The molecule has 1 aromatic carbocycles. The Labute approximate surface area is 124 Å². The van der Waals surface area contributed by atoms with E-state index in [2.05, 4.69) is 5.32 Å². The Kier molecular flexibility index (Phi) is 4.96. The maximum atomic E-state index is 12.6. The molecule has 2 rings (SSSR count). The van der Waals surface area contributed by atoms with Gasteiger partial charge >= 0.3 is 5.97 Å². The van der Waals surface area contributed by atoms with Crippen molar-refractivity contribution in [2.75, 3.05) is 6.54 Å². The summed E-state index contributed by atoms with van der Waals surface area (Å²) in [7, 11) is 0. The van der Waals surface area contributed by atoms with Gasteiger partial charge < -0.3 is 15.5 Å². The summed E-state index contributed by atoms with van der Waals surface area (Å²) in [5, 5.41) is 20.6. The highest BCUT2D eigenvalue weighted by Crippen LogP contribution is 2.41. The van der Waals surface area contributed by atoms with Crippen LogP contribution < -0.4 is 5.32 Å². The van der Waals surface area contributed by atoms with E-state index in [1.807, 2.05) is 30.3 Å².